The van der Waals surface area contributed by atoms with E-state index >= 15 is 0 Å². The van der Waals surface area contributed by atoms with Crippen LogP contribution in [0.25, 0.3) is 0 Å². The van der Waals surface area contributed by atoms with Crippen molar-refractivity contribution in [3.8, 4) is 5.75 Å². The van der Waals surface area contributed by atoms with Gasteiger partial charge in [-0.15, -0.1) is 0 Å². The van der Waals surface area contributed by atoms with Crippen LogP contribution in [0.4, 0.5) is 42.0 Å². The molecule has 0 spiro atoms. The summed E-state index contributed by atoms with van der Waals surface area (Å²) in [5.41, 5.74) is -0.740. The Labute approximate surface area is 175 Å². The van der Waals surface area contributed by atoms with Crippen molar-refractivity contribution in [2.45, 2.75) is 19.5 Å². The van der Waals surface area contributed by atoms with Gasteiger partial charge in [0.1, 0.15) is 17.1 Å². The maximum Gasteiger partial charge on any atom is 0.421 e. The maximum absolute atomic E-state index is 13.4. The lowest BCUT2D eigenvalue weighted by Crippen LogP contribution is -2.12. The normalized spacial score (nSPS) is 11.1. The van der Waals surface area contributed by atoms with E-state index in [9.17, 15) is 23.3 Å². The van der Waals surface area contributed by atoms with Crippen LogP contribution in [0, 0.1) is 10.1 Å². The van der Waals surface area contributed by atoms with Gasteiger partial charge in [0.25, 0.3) is 5.69 Å². The molecule has 0 aliphatic carbocycles. The standard InChI is InChI=1S/C20H18F3N5O3/c1-2-10-31-16-8-6-13(7-9-16)26-19-24-12-17(20(21,22)23)18(27-19)25-14-4-3-5-15(11-14)28(29)30/h3-9,11-12H,2,10H2,1H3,(H2,24,25,26,27). The van der Waals surface area contributed by atoms with Gasteiger partial charge >= 0.3 is 6.18 Å². The van der Waals surface area contributed by atoms with Gasteiger partial charge in [0.15, 0.2) is 0 Å². The van der Waals surface area contributed by atoms with Crippen LogP contribution in [0.15, 0.2) is 54.7 Å². The number of rotatable bonds is 8. The highest BCUT2D eigenvalue weighted by atomic mass is 19.4. The van der Waals surface area contributed by atoms with Crippen molar-refractivity contribution in [1.29, 1.82) is 0 Å². The average molecular weight is 433 g/mol. The van der Waals surface area contributed by atoms with E-state index < -0.39 is 22.5 Å². The van der Waals surface area contributed by atoms with Crippen molar-refractivity contribution in [1.82, 2.24) is 9.97 Å². The minimum absolute atomic E-state index is 0.0804. The highest BCUT2D eigenvalue weighted by molar-refractivity contribution is 5.64. The Kier molecular flexibility index (Phi) is 6.53. The van der Waals surface area contributed by atoms with E-state index in [1.54, 1.807) is 24.3 Å². The zero-order chi connectivity index (χ0) is 22.4. The van der Waals surface area contributed by atoms with Gasteiger partial charge in [0.2, 0.25) is 5.95 Å². The number of ether oxygens (including phenoxy) is 1. The number of alkyl halides is 3. The molecule has 0 aliphatic heterocycles. The number of aromatic nitrogens is 2. The van der Waals surface area contributed by atoms with Crippen molar-refractivity contribution < 1.29 is 22.8 Å². The Morgan fingerprint density at radius 1 is 1.10 bits per heavy atom. The molecule has 162 valence electrons. The van der Waals surface area contributed by atoms with Crippen molar-refractivity contribution in [2.75, 3.05) is 17.2 Å². The highest BCUT2D eigenvalue weighted by Gasteiger charge is 2.35. The number of halogens is 3. The fourth-order valence-electron chi connectivity index (χ4n) is 2.56. The molecule has 0 atom stereocenters. The van der Waals surface area contributed by atoms with Gasteiger partial charge in [-0.05, 0) is 36.8 Å². The summed E-state index contributed by atoms with van der Waals surface area (Å²) in [6.45, 7) is 2.55. The lowest BCUT2D eigenvalue weighted by molar-refractivity contribution is -0.384. The lowest BCUT2D eigenvalue weighted by Gasteiger charge is -2.15. The third-order valence-electron chi connectivity index (χ3n) is 4.00. The minimum atomic E-state index is -4.72. The van der Waals surface area contributed by atoms with Crippen LogP contribution in [0.3, 0.4) is 0 Å². The van der Waals surface area contributed by atoms with E-state index in [2.05, 4.69) is 20.6 Å². The summed E-state index contributed by atoms with van der Waals surface area (Å²) in [5, 5.41) is 16.3. The van der Waals surface area contributed by atoms with Gasteiger partial charge < -0.3 is 15.4 Å². The summed E-state index contributed by atoms with van der Waals surface area (Å²) < 4.78 is 45.7. The van der Waals surface area contributed by atoms with E-state index in [4.69, 9.17) is 4.74 Å². The van der Waals surface area contributed by atoms with Gasteiger partial charge in [-0.2, -0.15) is 18.2 Å². The van der Waals surface area contributed by atoms with Crippen molar-refractivity contribution in [2.24, 2.45) is 0 Å². The second-order valence-corrected chi connectivity index (χ2v) is 6.38. The highest BCUT2D eigenvalue weighted by Crippen LogP contribution is 2.35. The van der Waals surface area contributed by atoms with Crippen LogP contribution < -0.4 is 15.4 Å². The molecule has 0 bridgehead atoms. The quantitative estimate of drug-likeness (QED) is 0.348. The number of nitrogens with one attached hydrogen (secondary N) is 2. The van der Waals surface area contributed by atoms with Crippen LogP contribution in [-0.4, -0.2) is 21.5 Å². The van der Waals surface area contributed by atoms with E-state index in [0.717, 1.165) is 12.5 Å². The van der Waals surface area contributed by atoms with Crippen LogP contribution in [0.5, 0.6) is 5.75 Å². The average Bonchev–Trinajstić information content (AvgIpc) is 2.73. The Hall–Kier alpha value is -3.89. The van der Waals surface area contributed by atoms with Crippen LogP contribution >= 0.6 is 0 Å². The zero-order valence-electron chi connectivity index (χ0n) is 16.3. The smallest absolute Gasteiger partial charge is 0.421 e. The minimum Gasteiger partial charge on any atom is -0.494 e. The molecule has 0 fully saturated rings. The van der Waals surface area contributed by atoms with Gasteiger partial charge in [0.05, 0.1) is 11.5 Å². The Morgan fingerprint density at radius 3 is 2.48 bits per heavy atom. The number of nitro benzene ring substituents is 1. The second-order valence-electron chi connectivity index (χ2n) is 6.38. The maximum atomic E-state index is 13.4. The molecule has 0 unspecified atom stereocenters. The first-order valence-corrected chi connectivity index (χ1v) is 9.22. The largest absolute Gasteiger partial charge is 0.494 e. The molecule has 1 aromatic heterocycles. The Morgan fingerprint density at radius 2 is 1.84 bits per heavy atom. The third kappa shape index (κ3) is 5.81. The van der Waals surface area contributed by atoms with E-state index in [1.807, 2.05) is 6.92 Å². The number of anilines is 4. The molecule has 0 saturated carbocycles. The molecule has 3 rings (SSSR count). The Balaban J connectivity index is 1.86. The molecule has 0 amide bonds. The molecule has 31 heavy (non-hydrogen) atoms. The number of benzene rings is 2. The van der Waals surface area contributed by atoms with Gasteiger partial charge in [-0.25, -0.2) is 4.98 Å². The molecular weight excluding hydrogens is 415 g/mol. The molecule has 8 nitrogen and oxygen atoms in total. The molecule has 0 aliphatic rings. The number of nitro groups is 1. The van der Waals surface area contributed by atoms with Crippen molar-refractivity contribution >= 4 is 28.8 Å². The molecule has 2 N–H and O–H groups in total. The predicted octanol–water partition coefficient (Wildman–Crippen LogP) is 5.68. The summed E-state index contributed by atoms with van der Waals surface area (Å²) in [7, 11) is 0. The van der Waals surface area contributed by atoms with Crippen LogP contribution in [0.2, 0.25) is 0 Å². The van der Waals surface area contributed by atoms with E-state index in [-0.39, 0.29) is 17.3 Å². The second kappa shape index (κ2) is 9.28. The summed E-state index contributed by atoms with van der Waals surface area (Å²) in [6, 6.07) is 11.9. The van der Waals surface area contributed by atoms with Gasteiger partial charge in [-0.3, -0.25) is 10.1 Å². The molecule has 0 saturated heterocycles. The summed E-state index contributed by atoms with van der Waals surface area (Å²) in [4.78, 5) is 17.9. The summed E-state index contributed by atoms with van der Waals surface area (Å²) >= 11 is 0. The number of non-ortho nitro benzene ring substituents is 1. The van der Waals surface area contributed by atoms with Crippen LogP contribution in [-0.2, 0) is 6.18 Å². The lowest BCUT2D eigenvalue weighted by atomic mass is 10.2. The summed E-state index contributed by atoms with van der Waals surface area (Å²) in [5.74, 6) is 0.0466. The number of hydrogen-bond acceptors (Lipinski definition) is 7. The van der Waals surface area contributed by atoms with Crippen molar-refractivity contribution in [3.05, 3.63) is 70.4 Å². The first kappa shape index (κ1) is 21.8. The molecule has 11 heteroatoms. The zero-order valence-corrected chi connectivity index (χ0v) is 16.3. The third-order valence-corrected chi connectivity index (χ3v) is 4.00. The molecule has 0 radical (unpaired) electrons. The SMILES string of the molecule is CCCOc1ccc(Nc2ncc(C(F)(F)F)c(Nc3cccc([N+](=O)[O-])c3)n2)cc1. The fraction of sp³-hybridized carbons (Fsp3) is 0.200. The van der Waals surface area contributed by atoms with E-state index in [0.29, 0.717) is 24.2 Å². The monoisotopic (exact) mass is 433 g/mol. The molecule has 1 heterocycles. The number of nitrogens with zero attached hydrogens (tertiary/aromatic N) is 3. The van der Waals surface area contributed by atoms with E-state index in [1.165, 1.54) is 18.2 Å². The molecule has 2 aromatic carbocycles. The Bertz CT molecular complexity index is 1060. The van der Waals surface area contributed by atoms with Crippen molar-refractivity contribution in [3.63, 3.8) is 0 Å². The first-order chi connectivity index (χ1) is 14.8. The van der Waals surface area contributed by atoms with Gasteiger partial charge in [0, 0.05) is 29.7 Å². The number of hydrogen-bond donors (Lipinski definition) is 2. The molecular formula is C20H18F3N5O3. The summed E-state index contributed by atoms with van der Waals surface area (Å²) in [6.07, 6.45) is -3.21. The predicted molar refractivity (Wildman–Crippen MR) is 109 cm³/mol. The first-order valence-electron chi connectivity index (χ1n) is 9.22. The van der Waals surface area contributed by atoms with Gasteiger partial charge in [-0.1, -0.05) is 13.0 Å². The fourth-order valence-corrected chi connectivity index (χ4v) is 2.56. The van der Waals surface area contributed by atoms with Crippen LogP contribution in [0.1, 0.15) is 18.9 Å². The topological polar surface area (TPSA) is 102 Å². The molecule has 3 aromatic rings.